The number of allylic oxidation sites excluding steroid dienone is 2. The van der Waals surface area contributed by atoms with Crippen LogP contribution >= 0.6 is 0 Å². The SMILES string of the molecule is C=CCn1c(=O)c2[nH]c(-c3ccc(C)cc3)nc2n(CC=C)c1=O. The molecule has 122 valence electrons. The maximum absolute atomic E-state index is 12.6. The summed E-state index contributed by atoms with van der Waals surface area (Å²) in [5.41, 5.74) is 1.79. The van der Waals surface area contributed by atoms with Crippen LogP contribution in [0.2, 0.25) is 0 Å². The molecule has 2 aromatic heterocycles. The zero-order valence-corrected chi connectivity index (χ0v) is 13.5. The topological polar surface area (TPSA) is 72.7 Å². The summed E-state index contributed by atoms with van der Waals surface area (Å²) in [5.74, 6) is 0.552. The van der Waals surface area contributed by atoms with Gasteiger partial charge >= 0.3 is 5.69 Å². The summed E-state index contributed by atoms with van der Waals surface area (Å²) in [6.45, 7) is 9.68. The Balaban J connectivity index is 2.33. The Bertz CT molecular complexity index is 1040. The number of aryl methyl sites for hydroxylation is 1. The average molecular weight is 322 g/mol. The summed E-state index contributed by atoms with van der Waals surface area (Å²) < 4.78 is 2.57. The molecule has 0 unspecified atom stereocenters. The molecule has 0 fully saturated rings. The van der Waals surface area contributed by atoms with Crippen molar-refractivity contribution >= 4 is 11.2 Å². The number of fused-ring (bicyclic) bond motifs is 1. The molecule has 3 aromatic rings. The van der Waals surface area contributed by atoms with Gasteiger partial charge in [0.25, 0.3) is 5.56 Å². The van der Waals surface area contributed by atoms with Gasteiger partial charge in [0.05, 0.1) is 0 Å². The van der Waals surface area contributed by atoms with E-state index in [0.29, 0.717) is 17.0 Å². The lowest BCUT2D eigenvalue weighted by Crippen LogP contribution is -2.39. The van der Waals surface area contributed by atoms with Crippen LogP contribution in [-0.4, -0.2) is 19.1 Å². The molecule has 0 radical (unpaired) electrons. The Morgan fingerprint density at radius 3 is 2.33 bits per heavy atom. The molecule has 0 saturated heterocycles. The summed E-state index contributed by atoms with van der Waals surface area (Å²) in [6.07, 6.45) is 3.12. The molecule has 0 spiro atoms. The van der Waals surface area contributed by atoms with Gasteiger partial charge in [-0.3, -0.25) is 13.9 Å². The van der Waals surface area contributed by atoms with Crippen LogP contribution in [0.25, 0.3) is 22.6 Å². The van der Waals surface area contributed by atoms with E-state index in [2.05, 4.69) is 23.1 Å². The van der Waals surface area contributed by atoms with Crippen molar-refractivity contribution in [3.63, 3.8) is 0 Å². The first-order valence-corrected chi connectivity index (χ1v) is 7.59. The van der Waals surface area contributed by atoms with Crippen LogP contribution in [0.5, 0.6) is 0 Å². The molecule has 24 heavy (non-hydrogen) atoms. The number of aromatic amines is 1. The fraction of sp³-hybridized carbons (Fsp3) is 0.167. The largest absolute Gasteiger partial charge is 0.333 e. The van der Waals surface area contributed by atoms with Gasteiger partial charge in [0, 0.05) is 18.7 Å². The Hall–Kier alpha value is -3.15. The van der Waals surface area contributed by atoms with Crippen LogP contribution in [0.1, 0.15) is 5.56 Å². The molecule has 6 nitrogen and oxygen atoms in total. The zero-order chi connectivity index (χ0) is 17.3. The Labute approximate surface area is 138 Å². The first-order chi connectivity index (χ1) is 11.6. The van der Waals surface area contributed by atoms with Crippen molar-refractivity contribution in [2.75, 3.05) is 0 Å². The second kappa shape index (κ2) is 6.16. The third-order valence-corrected chi connectivity index (χ3v) is 3.81. The van der Waals surface area contributed by atoms with Crippen LogP contribution in [0, 0.1) is 6.92 Å². The molecular weight excluding hydrogens is 304 g/mol. The van der Waals surface area contributed by atoms with Crippen LogP contribution in [0.15, 0.2) is 59.2 Å². The second-order valence-corrected chi connectivity index (χ2v) is 5.54. The highest BCUT2D eigenvalue weighted by molar-refractivity contribution is 5.75. The highest BCUT2D eigenvalue weighted by atomic mass is 16.2. The molecule has 0 bridgehead atoms. The number of rotatable bonds is 5. The van der Waals surface area contributed by atoms with Crippen molar-refractivity contribution in [2.45, 2.75) is 20.0 Å². The molecular formula is C18H18N4O2. The molecule has 0 saturated carbocycles. The minimum atomic E-state index is -0.422. The summed E-state index contributed by atoms with van der Waals surface area (Å²) in [5, 5.41) is 0. The minimum absolute atomic E-state index is 0.142. The number of hydrogen-bond donors (Lipinski definition) is 1. The van der Waals surface area contributed by atoms with Gasteiger partial charge < -0.3 is 4.98 Å². The van der Waals surface area contributed by atoms with Crippen molar-refractivity contribution in [1.29, 1.82) is 0 Å². The van der Waals surface area contributed by atoms with Crippen LogP contribution in [-0.2, 0) is 13.1 Å². The van der Waals surface area contributed by atoms with Crippen LogP contribution in [0.3, 0.4) is 0 Å². The number of nitrogens with one attached hydrogen (secondary N) is 1. The number of aromatic nitrogens is 4. The van der Waals surface area contributed by atoms with E-state index in [1.54, 1.807) is 6.08 Å². The van der Waals surface area contributed by atoms with Crippen LogP contribution in [0.4, 0.5) is 0 Å². The Morgan fingerprint density at radius 1 is 1.08 bits per heavy atom. The van der Waals surface area contributed by atoms with Crippen molar-refractivity contribution in [2.24, 2.45) is 0 Å². The number of imidazole rings is 1. The predicted octanol–water partition coefficient (Wildman–Crippen LogP) is 2.23. The zero-order valence-electron chi connectivity index (χ0n) is 13.5. The average Bonchev–Trinajstić information content (AvgIpc) is 3.01. The van der Waals surface area contributed by atoms with Gasteiger partial charge in [-0.1, -0.05) is 42.0 Å². The van der Waals surface area contributed by atoms with Gasteiger partial charge in [0.1, 0.15) is 11.3 Å². The van der Waals surface area contributed by atoms with E-state index >= 15 is 0 Å². The van der Waals surface area contributed by atoms with Crippen molar-refractivity contribution < 1.29 is 0 Å². The summed E-state index contributed by atoms with van der Waals surface area (Å²) in [6, 6.07) is 7.78. The number of H-pyrrole nitrogens is 1. The van der Waals surface area contributed by atoms with E-state index in [-0.39, 0.29) is 13.1 Å². The van der Waals surface area contributed by atoms with Gasteiger partial charge in [0.15, 0.2) is 5.65 Å². The molecule has 1 aromatic carbocycles. The van der Waals surface area contributed by atoms with Gasteiger partial charge in [-0.2, -0.15) is 0 Å². The number of benzene rings is 1. The van der Waals surface area contributed by atoms with Crippen molar-refractivity contribution in [3.8, 4) is 11.4 Å². The van der Waals surface area contributed by atoms with Gasteiger partial charge in [-0.25, -0.2) is 9.78 Å². The molecule has 0 amide bonds. The first-order valence-electron chi connectivity index (χ1n) is 7.59. The fourth-order valence-corrected chi connectivity index (χ4v) is 2.60. The first kappa shape index (κ1) is 15.7. The Morgan fingerprint density at radius 2 is 1.71 bits per heavy atom. The van der Waals surface area contributed by atoms with E-state index in [4.69, 9.17) is 0 Å². The number of nitrogens with zero attached hydrogens (tertiary/aromatic N) is 3. The molecule has 0 aliphatic carbocycles. The van der Waals surface area contributed by atoms with Crippen molar-refractivity contribution in [3.05, 3.63) is 76.0 Å². The maximum atomic E-state index is 12.6. The molecule has 0 atom stereocenters. The van der Waals surface area contributed by atoms with Crippen molar-refractivity contribution in [1.82, 2.24) is 19.1 Å². The van der Waals surface area contributed by atoms with E-state index in [1.165, 1.54) is 10.6 Å². The highest BCUT2D eigenvalue weighted by Gasteiger charge is 2.16. The molecule has 2 heterocycles. The van der Waals surface area contributed by atoms with E-state index in [9.17, 15) is 9.59 Å². The molecule has 0 aliphatic heterocycles. The highest BCUT2D eigenvalue weighted by Crippen LogP contribution is 2.18. The van der Waals surface area contributed by atoms with Gasteiger partial charge in [-0.15, -0.1) is 13.2 Å². The predicted molar refractivity (Wildman–Crippen MR) is 95.2 cm³/mol. The molecule has 6 heteroatoms. The fourth-order valence-electron chi connectivity index (χ4n) is 2.60. The normalized spacial score (nSPS) is 10.9. The molecule has 0 aliphatic rings. The lowest BCUT2D eigenvalue weighted by atomic mass is 10.1. The van der Waals surface area contributed by atoms with E-state index in [1.807, 2.05) is 31.2 Å². The van der Waals surface area contributed by atoms with Crippen LogP contribution < -0.4 is 11.2 Å². The smallest absolute Gasteiger partial charge is 0.332 e. The third-order valence-electron chi connectivity index (χ3n) is 3.81. The quantitative estimate of drug-likeness (QED) is 0.732. The summed E-state index contributed by atoms with van der Waals surface area (Å²) in [7, 11) is 0. The lowest BCUT2D eigenvalue weighted by Gasteiger charge is -2.07. The van der Waals surface area contributed by atoms with Gasteiger partial charge in [-0.05, 0) is 6.92 Å². The monoisotopic (exact) mass is 322 g/mol. The second-order valence-electron chi connectivity index (χ2n) is 5.54. The summed E-state index contributed by atoms with van der Waals surface area (Å²) in [4.78, 5) is 32.7. The minimum Gasteiger partial charge on any atom is -0.332 e. The Kier molecular flexibility index (Phi) is 4.04. The maximum Gasteiger partial charge on any atom is 0.333 e. The summed E-state index contributed by atoms with van der Waals surface area (Å²) >= 11 is 0. The third kappa shape index (κ3) is 2.52. The molecule has 3 rings (SSSR count). The standard InChI is InChI=1S/C18H18N4O2/c1-4-10-21-16-14(17(23)22(11-5-2)18(21)24)19-15(20-16)13-8-6-12(3)7-9-13/h4-9H,1-2,10-11H2,3H3,(H,19,20). The van der Waals surface area contributed by atoms with E-state index in [0.717, 1.165) is 15.7 Å². The lowest BCUT2D eigenvalue weighted by molar-refractivity contribution is 0.646. The number of hydrogen-bond acceptors (Lipinski definition) is 3. The van der Waals surface area contributed by atoms with E-state index < -0.39 is 11.2 Å². The van der Waals surface area contributed by atoms with Gasteiger partial charge in [0.2, 0.25) is 0 Å². The molecule has 1 N–H and O–H groups in total.